The van der Waals surface area contributed by atoms with Crippen molar-refractivity contribution >= 4 is 11.6 Å². The number of anilines is 1. The first-order chi connectivity index (χ1) is 10.1. The normalized spacial score (nSPS) is 12.0. The molecule has 0 aliphatic carbocycles. The highest BCUT2D eigenvalue weighted by atomic mass is 19.1. The van der Waals surface area contributed by atoms with Gasteiger partial charge in [-0.3, -0.25) is 4.79 Å². The highest BCUT2D eigenvalue weighted by molar-refractivity contribution is 5.92. The quantitative estimate of drug-likeness (QED) is 0.884. The maximum atomic E-state index is 13.4. The van der Waals surface area contributed by atoms with E-state index in [9.17, 15) is 9.18 Å². The van der Waals surface area contributed by atoms with Crippen LogP contribution in [0.25, 0.3) is 0 Å². The molecule has 1 amide bonds. The van der Waals surface area contributed by atoms with Crippen molar-refractivity contribution in [1.29, 1.82) is 0 Å². The van der Waals surface area contributed by atoms with E-state index in [-0.39, 0.29) is 24.2 Å². The van der Waals surface area contributed by atoms with Crippen molar-refractivity contribution in [2.75, 3.05) is 11.9 Å². The Labute approximate surface area is 124 Å². The topological polar surface area (TPSA) is 41.1 Å². The van der Waals surface area contributed by atoms with Crippen LogP contribution in [-0.4, -0.2) is 12.5 Å². The van der Waals surface area contributed by atoms with Crippen molar-refractivity contribution in [3.63, 3.8) is 0 Å². The highest BCUT2D eigenvalue weighted by Crippen LogP contribution is 2.16. The molecule has 0 spiro atoms. The van der Waals surface area contributed by atoms with Crippen molar-refractivity contribution in [3.05, 3.63) is 65.5 Å². The molecule has 2 N–H and O–H groups in total. The number of halogens is 1. The third-order valence-corrected chi connectivity index (χ3v) is 3.37. The van der Waals surface area contributed by atoms with E-state index in [0.717, 1.165) is 5.56 Å². The zero-order valence-electron chi connectivity index (χ0n) is 12.2. The van der Waals surface area contributed by atoms with Crippen LogP contribution in [0, 0.1) is 12.7 Å². The minimum absolute atomic E-state index is 0.0533. The Morgan fingerprint density at radius 3 is 2.52 bits per heavy atom. The molecule has 4 heteroatoms. The molecule has 1 atom stereocenters. The summed E-state index contributed by atoms with van der Waals surface area (Å²) in [5, 5.41) is 5.70. The zero-order chi connectivity index (χ0) is 15.2. The number of rotatable bonds is 5. The van der Waals surface area contributed by atoms with Crippen LogP contribution in [0.1, 0.15) is 24.1 Å². The predicted molar refractivity (Wildman–Crippen MR) is 82.6 cm³/mol. The minimum Gasteiger partial charge on any atom is -0.322 e. The predicted octanol–water partition coefficient (Wildman–Crippen LogP) is 3.42. The van der Waals surface area contributed by atoms with Gasteiger partial charge in [0.05, 0.1) is 12.2 Å². The first kappa shape index (κ1) is 15.2. The second-order valence-electron chi connectivity index (χ2n) is 4.99. The molecule has 0 fully saturated rings. The molecule has 21 heavy (non-hydrogen) atoms. The van der Waals surface area contributed by atoms with Gasteiger partial charge in [-0.2, -0.15) is 0 Å². The summed E-state index contributed by atoms with van der Waals surface area (Å²) in [5.74, 6) is -0.696. The molecule has 0 aromatic heterocycles. The lowest BCUT2D eigenvalue weighted by molar-refractivity contribution is -0.115. The van der Waals surface area contributed by atoms with E-state index in [1.54, 1.807) is 12.1 Å². The van der Waals surface area contributed by atoms with Gasteiger partial charge in [-0.1, -0.05) is 36.4 Å². The largest absolute Gasteiger partial charge is 0.322 e. The number of carbonyl (C=O) groups excluding carboxylic acids is 1. The Morgan fingerprint density at radius 1 is 1.14 bits per heavy atom. The fourth-order valence-electron chi connectivity index (χ4n) is 2.19. The van der Waals surface area contributed by atoms with Gasteiger partial charge in [-0.05, 0) is 37.1 Å². The Bertz CT molecular complexity index is 628. The molecule has 0 bridgehead atoms. The number of para-hydroxylation sites is 1. The van der Waals surface area contributed by atoms with Gasteiger partial charge in [-0.15, -0.1) is 0 Å². The smallest absolute Gasteiger partial charge is 0.238 e. The van der Waals surface area contributed by atoms with Crippen molar-refractivity contribution in [1.82, 2.24) is 5.32 Å². The first-order valence-electron chi connectivity index (χ1n) is 6.91. The van der Waals surface area contributed by atoms with Crippen molar-refractivity contribution < 1.29 is 9.18 Å². The number of benzene rings is 2. The fourth-order valence-corrected chi connectivity index (χ4v) is 2.19. The van der Waals surface area contributed by atoms with Crippen molar-refractivity contribution in [3.8, 4) is 0 Å². The number of hydrogen-bond donors (Lipinski definition) is 2. The molecule has 3 nitrogen and oxygen atoms in total. The van der Waals surface area contributed by atoms with E-state index in [4.69, 9.17) is 0 Å². The second kappa shape index (κ2) is 6.99. The van der Waals surface area contributed by atoms with Gasteiger partial charge < -0.3 is 10.6 Å². The second-order valence-corrected chi connectivity index (χ2v) is 4.99. The molecule has 1 unspecified atom stereocenters. The molecule has 0 aliphatic rings. The number of aryl methyl sites for hydroxylation is 1. The number of hydrogen-bond acceptors (Lipinski definition) is 2. The van der Waals surface area contributed by atoms with Crippen molar-refractivity contribution in [2.24, 2.45) is 0 Å². The van der Waals surface area contributed by atoms with E-state index < -0.39 is 5.82 Å². The number of nitrogens with one attached hydrogen (secondary N) is 2. The van der Waals surface area contributed by atoms with E-state index in [0.29, 0.717) is 0 Å². The highest BCUT2D eigenvalue weighted by Gasteiger charge is 2.10. The summed E-state index contributed by atoms with van der Waals surface area (Å²) >= 11 is 0. The molecule has 110 valence electrons. The van der Waals surface area contributed by atoms with Crippen LogP contribution in [0.3, 0.4) is 0 Å². The van der Waals surface area contributed by atoms with Crippen LogP contribution in [0.5, 0.6) is 0 Å². The number of carbonyl (C=O) groups is 1. The van der Waals surface area contributed by atoms with Gasteiger partial charge in [0.2, 0.25) is 5.91 Å². The molecule has 0 radical (unpaired) electrons. The van der Waals surface area contributed by atoms with E-state index in [2.05, 4.69) is 10.6 Å². The van der Waals surface area contributed by atoms with Crippen LogP contribution >= 0.6 is 0 Å². The summed E-state index contributed by atoms with van der Waals surface area (Å²) in [6.45, 7) is 4.16. The average Bonchev–Trinajstić information content (AvgIpc) is 2.48. The lowest BCUT2D eigenvalue weighted by atomic mass is 10.0. The SMILES string of the molecule is Cc1ccccc1C(C)NCC(=O)Nc1ccccc1F. The molecular formula is C17H19FN2O. The van der Waals surface area contributed by atoms with Crippen LogP contribution < -0.4 is 10.6 Å². The van der Waals surface area contributed by atoms with Gasteiger partial charge in [0.25, 0.3) is 0 Å². The van der Waals surface area contributed by atoms with E-state index in [1.807, 2.05) is 38.1 Å². The molecule has 0 heterocycles. The molecule has 2 rings (SSSR count). The average molecular weight is 286 g/mol. The van der Waals surface area contributed by atoms with E-state index in [1.165, 1.54) is 17.7 Å². The summed E-state index contributed by atoms with van der Waals surface area (Å²) in [6.07, 6.45) is 0. The van der Waals surface area contributed by atoms with Crippen LogP contribution in [0.2, 0.25) is 0 Å². The fraction of sp³-hybridized carbons (Fsp3) is 0.235. The van der Waals surface area contributed by atoms with Gasteiger partial charge in [0.15, 0.2) is 0 Å². The van der Waals surface area contributed by atoms with Crippen LogP contribution in [-0.2, 0) is 4.79 Å². The molecule has 0 saturated carbocycles. The summed E-state index contributed by atoms with van der Waals surface area (Å²) in [4.78, 5) is 11.8. The van der Waals surface area contributed by atoms with Gasteiger partial charge in [-0.25, -0.2) is 4.39 Å². The summed E-state index contributed by atoms with van der Waals surface area (Å²) in [7, 11) is 0. The van der Waals surface area contributed by atoms with E-state index >= 15 is 0 Å². The summed E-state index contributed by atoms with van der Waals surface area (Å²) < 4.78 is 13.4. The first-order valence-corrected chi connectivity index (χ1v) is 6.91. The van der Waals surface area contributed by atoms with Gasteiger partial charge >= 0.3 is 0 Å². The Balaban J connectivity index is 1.90. The maximum absolute atomic E-state index is 13.4. The Morgan fingerprint density at radius 2 is 1.81 bits per heavy atom. The van der Waals surface area contributed by atoms with Crippen LogP contribution in [0.4, 0.5) is 10.1 Å². The molecule has 0 saturated heterocycles. The van der Waals surface area contributed by atoms with Gasteiger partial charge in [0.1, 0.15) is 5.82 Å². The maximum Gasteiger partial charge on any atom is 0.238 e. The Hall–Kier alpha value is -2.20. The lowest BCUT2D eigenvalue weighted by Crippen LogP contribution is -2.30. The molecule has 0 aliphatic heterocycles. The van der Waals surface area contributed by atoms with Crippen molar-refractivity contribution in [2.45, 2.75) is 19.9 Å². The van der Waals surface area contributed by atoms with Crippen LogP contribution in [0.15, 0.2) is 48.5 Å². The summed E-state index contributed by atoms with van der Waals surface area (Å²) in [5.41, 5.74) is 2.52. The third kappa shape index (κ3) is 4.13. The molecular weight excluding hydrogens is 267 g/mol. The third-order valence-electron chi connectivity index (χ3n) is 3.37. The lowest BCUT2D eigenvalue weighted by Gasteiger charge is -2.16. The molecule has 2 aromatic rings. The summed E-state index contributed by atoms with van der Waals surface area (Å²) in [6, 6.07) is 14.2. The van der Waals surface area contributed by atoms with Gasteiger partial charge in [0, 0.05) is 6.04 Å². The standard InChI is InChI=1S/C17H19FN2O/c1-12-7-3-4-8-14(12)13(2)19-11-17(21)20-16-10-6-5-9-15(16)18/h3-10,13,19H,11H2,1-2H3,(H,20,21). The minimum atomic E-state index is -0.433. The molecule has 2 aromatic carbocycles. The monoisotopic (exact) mass is 286 g/mol. The number of amides is 1. The Kier molecular flexibility index (Phi) is 5.06. The zero-order valence-corrected chi connectivity index (χ0v) is 12.2.